The number of hydrogen-bond acceptors (Lipinski definition) is 1. The van der Waals surface area contributed by atoms with E-state index >= 15 is 0 Å². The Kier molecular flexibility index (Phi) is 6.72. The molecular weight excluding hydrogens is 463 g/mol. The van der Waals surface area contributed by atoms with Crippen LogP contribution in [0.15, 0.2) is 60.7 Å². The van der Waals surface area contributed by atoms with Gasteiger partial charge < -0.3 is 0 Å². The zero-order chi connectivity index (χ0) is 24.3. The van der Waals surface area contributed by atoms with Gasteiger partial charge >= 0.3 is 6.18 Å². The molecule has 0 aliphatic rings. The van der Waals surface area contributed by atoms with Crippen LogP contribution in [0, 0.1) is 35.3 Å². The molecule has 0 aliphatic carbocycles. The second-order valence-electron chi connectivity index (χ2n) is 7.62. The van der Waals surface area contributed by atoms with Crippen molar-refractivity contribution in [3.05, 3.63) is 94.6 Å². The van der Waals surface area contributed by atoms with Crippen LogP contribution in [-0.2, 0) is 6.42 Å². The molecule has 0 radical (unpaired) electrons. The molecule has 1 heterocycles. The summed E-state index contributed by atoms with van der Waals surface area (Å²) in [6, 6.07) is 17.9. The van der Waals surface area contributed by atoms with Gasteiger partial charge in [-0.3, -0.25) is 0 Å². The van der Waals surface area contributed by atoms with Crippen molar-refractivity contribution in [1.29, 1.82) is 0 Å². The van der Waals surface area contributed by atoms with Gasteiger partial charge in [-0.2, -0.15) is 13.2 Å². The van der Waals surface area contributed by atoms with Crippen molar-refractivity contribution in [3.8, 4) is 34.1 Å². The summed E-state index contributed by atoms with van der Waals surface area (Å²) in [6.07, 6.45) is -2.69. The van der Waals surface area contributed by atoms with Crippen LogP contribution in [-0.4, -0.2) is 6.18 Å². The van der Waals surface area contributed by atoms with E-state index in [0.29, 0.717) is 5.56 Å². The van der Waals surface area contributed by atoms with Gasteiger partial charge in [-0.1, -0.05) is 55.4 Å². The first-order chi connectivity index (χ1) is 16.2. The molecule has 4 aromatic rings. The van der Waals surface area contributed by atoms with E-state index in [0.717, 1.165) is 41.3 Å². The summed E-state index contributed by atoms with van der Waals surface area (Å²) in [5.74, 6) is 5.44. The lowest BCUT2D eigenvalue weighted by atomic mass is 10.1. The fraction of sp³-hybridized carbons (Fsp3) is 0.143. The van der Waals surface area contributed by atoms with Gasteiger partial charge in [0.15, 0.2) is 0 Å². The van der Waals surface area contributed by atoms with Crippen LogP contribution in [0.5, 0.6) is 0 Å². The normalized spacial score (nSPS) is 11.0. The van der Waals surface area contributed by atoms with Crippen LogP contribution in [0.25, 0.3) is 20.5 Å². The van der Waals surface area contributed by atoms with Crippen LogP contribution in [0.3, 0.4) is 0 Å². The maximum atomic E-state index is 14.0. The van der Waals surface area contributed by atoms with Gasteiger partial charge in [0.25, 0.3) is 0 Å². The van der Waals surface area contributed by atoms with E-state index in [1.54, 1.807) is 11.3 Å². The van der Waals surface area contributed by atoms with Gasteiger partial charge in [-0.05, 0) is 59.3 Å². The Balaban J connectivity index is 1.54. The Hall–Kier alpha value is -3.61. The third-order valence-electron chi connectivity index (χ3n) is 5.02. The summed E-state index contributed by atoms with van der Waals surface area (Å²) in [7, 11) is 0. The van der Waals surface area contributed by atoms with Gasteiger partial charge in [0.05, 0.1) is 5.56 Å². The monoisotopic (exact) mass is 480 g/mol. The van der Waals surface area contributed by atoms with Crippen molar-refractivity contribution in [2.24, 2.45) is 0 Å². The van der Waals surface area contributed by atoms with Crippen LogP contribution >= 0.6 is 11.3 Å². The van der Waals surface area contributed by atoms with Crippen LogP contribution < -0.4 is 0 Å². The molecule has 170 valence electrons. The van der Waals surface area contributed by atoms with Crippen LogP contribution in [0.1, 0.15) is 35.6 Å². The molecular formula is C28H17F5S. The Bertz CT molecular complexity index is 1450. The van der Waals surface area contributed by atoms with E-state index in [1.807, 2.05) is 24.3 Å². The molecule has 0 atom stereocenters. The highest BCUT2D eigenvalue weighted by Crippen LogP contribution is 2.34. The number of benzene rings is 3. The molecule has 0 fully saturated rings. The van der Waals surface area contributed by atoms with Crippen molar-refractivity contribution in [2.75, 3.05) is 0 Å². The van der Waals surface area contributed by atoms with Crippen molar-refractivity contribution in [2.45, 2.75) is 25.9 Å². The number of rotatable bonds is 3. The minimum absolute atomic E-state index is 0.00373. The van der Waals surface area contributed by atoms with Crippen molar-refractivity contribution in [1.82, 2.24) is 0 Å². The minimum atomic E-state index is -4.84. The predicted molar refractivity (Wildman–Crippen MR) is 127 cm³/mol. The van der Waals surface area contributed by atoms with E-state index < -0.39 is 23.4 Å². The Labute approximate surface area is 198 Å². The molecule has 0 aliphatic heterocycles. The smallest absolute Gasteiger partial charge is 0.205 e. The highest BCUT2D eigenvalue weighted by atomic mass is 32.1. The summed E-state index contributed by atoms with van der Waals surface area (Å²) in [4.78, 5) is 1.13. The maximum Gasteiger partial charge on any atom is 0.458 e. The zero-order valence-corrected chi connectivity index (χ0v) is 18.8. The summed E-state index contributed by atoms with van der Waals surface area (Å²) in [6.45, 7) is 2.16. The van der Waals surface area contributed by atoms with E-state index in [9.17, 15) is 22.0 Å². The highest BCUT2D eigenvalue weighted by Gasteiger charge is 2.23. The van der Waals surface area contributed by atoms with E-state index in [2.05, 4.69) is 43.0 Å². The molecule has 6 heteroatoms. The van der Waals surface area contributed by atoms with E-state index in [-0.39, 0.29) is 5.56 Å². The number of thiophene rings is 1. The van der Waals surface area contributed by atoms with Gasteiger partial charge in [0.2, 0.25) is 0 Å². The molecule has 34 heavy (non-hydrogen) atoms. The van der Waals surface area contributed by atoms with Crippen molar-refractivity contribution < 1.29 is 22.0 Å². The third kappa shape index (κ3) is 5.65. The molecule has 0 unspecified atom stereocenters. The summed E-state index contributed by atoms with van der Waals surface area (Å²) >= 11 is 1.72. The predicted octanol–water partition coefficient (Wildman–Crippen LogP) is 8.11. The zero-order valence-electron chi connectivity index (χ0n) is 18.0. The largest absolute Gasteiger partial charge is 0.458 e. The second kappa shape index (κ2) is 9.71. The number of alkyl halides is 3. The van der Waals surface area contributed by atoms with Gasteiger partial charge in [-0.15, -0.1) is 11.3 Å². The number of hydrogen-bond donors (Lipinski definition) is 0. The van der Waals surface area contributed by atoms with E-state index in [1.165, 1.54) is 21.6 Å². The molecule has 0 amide bonds. The second-order valence-corrected chi connectivity index (χ2v) is 8.71. The molecule has 3 aromatic carbocycles. The summed E-state index contributed by atoms with van der Waals surface area (Å²) in [5.41, 5.74) is 2.06. The average molecular weight is 481 g/mol. The quantitative estimate of drug-likeness (QED) is 0.205. The molecule has 0 bridgehead atoms. The SMILES string of the molecule is CCCc1ccc2cc(-c3ccc(C#Cc4cc(F)c(C#CC(F)(F)F)c(F)c4)cc3)sc2c1. The lowest BCUT2D eigenvalue weighted by molar-refractivity contribution is -0.0696. The number of aryl methyl sites for hydroxylation is 1. The Morgan fingerprint density at radius 1 is 0.794 bits per heavy atom. The fourth-order valence-electron chi connectivity index (χ4n) is 3.42. The first-order valence-electron chi connectivity index (χ1n) is 10.5. The highest BCUT2D eigenvalue weighted by molar-refractivity contribution is 7.22. The number of halogens is 5. The summed E-state index contributed by atoms with van der Waals surface area (Å²) in [5, 5.41) is 1.19. The first kappa shape index (κ1) is 23.5. The Morgan fingerprint density at radius 3 is 2.12 bits per heavy atom. The van der Waals surface area contributed by atoms with Gasteiger partial charge in [-0.25, -0.2) is 8.78 Å². The minimum Gasteiger partial charge on any atom is -0.205 e. The Morgan fingerprint density at radius 2 is 1.47 bits per heavy atom. The average Bonchev–Trinajstić information content (AvgIpc) is 3.20. The van der Waals surface area contributed by atoms with Gasteiger partial charge in [0, 0.05) is 26.6 Å². The fourth-order valence-corrected chi connectivity index (χ4v) is 4.55. The molecule has 0 N–H and O–H groups in total. The molecule has 0 nitrogen and oxygen atoms in total. The van der Waals surface area contributed by atoms with Crippen molar-refractivity contribution >= 4 is 21.4 Å². The van der Waals surface area contributed by atoms with Crippen LogP contribution in [0.4, 0.5) is 22.0 Å². The lowest BCUT2D eigenvalue weighted by Gasteiger charge is -2.00. The lowest BCUT2D eigenvalue weighted by Crippen LogP contribution is -2.02. The van der Waals surface area contributed by atoms with Crippen molar-refractivity contribution in [3.63, 3.8) is 0 Å². The topological polar surface area (TPSA) is 0 Å². The molecule has 0 saturated heterocycles. The first-order valence-corrected chi connectivity index (χ1v) is 11.3. The molecule has 4 rings (SSSR count). The molecule has 1 aromatic heterocycles. The van der Waals surface area contributed by atoms with Crippen LogP contribution in [0.2, 0.25) is 0 Å². The summed E-state index contributed by atoms with van der Waals surface area (Å²) < 4.78 is 65.9. The molecule has 0 spiro atoms. The molecule has 0 saturated carbocycles. The number of fused-ring (bicyclic) bond motifs is 1. The maximum absolute atomic E-state index is 14.0. The van der Waals surface area contributed by atoms with Gasteiger partial charge in [0.1, 0.15) is 11.6 Å². The third-order valence-corrected chi connectivity index (χ3v) is 6.16. The van der Waals surface area contributed by atoms with E-state index in [4.69, 9.17) is 0 Å². The standard InChI is InChI=1S/C28H17F5S/c1-2-3-19-8-11-22-17-27(34-26(22)16-19)21-9-6-18(7-10-21)4-5-20-14-24(29)23(25(30)15-20)12-13-28(31,32)33/h6-11,14-17H,2-3H2,1H3.